The molecule has 1 aromatic rings. The van der Waals surface area contributed by atoms with E-state index in [4.69, 9.17) is 10.8 Å². The van der Waals surface area contributed by atoms with Crippen LogP contribution in [0.1, 0.15) is 30.9 Å². The van der Waals surface area contributed by atoms with E-state index in [1.807, 2.05) is 31.2 Å². The molecule has 1 atom stereocenters. The Bertz CT molecular complexity index is 380. The third kappa shape index (κ3) is 4.85. The molecule has 18 heavy (non-hydrogen) atoms. The average Bonchev–Trinajstić information content (AvgIpc) is 2.42. The normalized spacial score (nSPS) is 12.2. The van der Waals surface area contributed by atoms with Crippen LogP contribution in [0.2, 0.25) is 0 Å². The van der Waals surface area contributed by atoms with Gasteiger partial charge in [-0.05, 0) is 30.5 Å². The summed E-state index contributed by atoms with van der Waals surface area (Å²) in [5, 5.41) is 11.9. The molecule has 0 aliphatic heterocycles. The quantitative estimate of drug-likeness (QED) is 0.680. The van der Waals surface area contributed by atoms with Crippen LogP contribution in [-0.2, 0) is 17.9 Å². The van der Waals surface area contributed by atoms with Gasteiger partial charge in [0.15, 0.2) is 0 Å². The number of carbonyl (C=O) groups excluding carboxylic acids is 1. The van der Waals surface area contributed by atoms with Gasteiger partial charge in [0, 0.05) is 12.5 Å². The predicted molar refractivity (Wildman–Crippen MR) is 71.7 cm³/mol. The van der Waals surface area contributed by atoms with E-state index < -0.39 is 0 Å². The minimum Gasteiger partial charge on any atom is -0.392 e. The van der Waals surface area contributed by atoms with Crippen molar-refractivity contribution in [3.05, 3.63) is 35.4 Å². The van der Waals surface area contributed by atoms with Gasteiger partial charge in [0.2, 0.25) is 5.91 Å². The van der Waals surface area contributed by atoms with Crippen molar-refractivity contribution in [2.75, 3.05) is 6.54 Å². The van der Waals surface area contributed by atoms with E-state index >= 15 is 0 Å². The summed E-state index contributed by atoms with van der Waals surface area (Å²) in [4.78, 5) is 11.8. The molecule has 0 saturated carbocycles. The van der Waals surface area contributed by atoms with E-state index in [0.29, 0.717) is 13.1 Å². The Kier molecular flexibility index (Phi) is 6.39. The Labute approximate surface area is 108 Å². The lowest BCUT2D eigenvalue weighted by Gasteiger charge is -2.12. The highest BCUT2D eigenvalue weighted by atomic mass is 16.3. The molecule has 100 valence electrons. The fourth-order valence-corrected chi connectivity index (χ4v) is 1.76. The Balaban J connectivity index is 2.41. The lowest BCUT2D eigenvalue weighted by atomic mass is 10.0. The van der Waals surface area contributed by atoms with E-state index in [2.05, 4.69) is 5.32 Å². The Hall–Kier alpha value is -1.39. The van der Waals surface area contributed by atoms with Crippen molar-refractivity contribution >= 4 is 5.91 Å². The van der Waals surface area contributed by atoms with Crippen LogP contribution in [0.15, 0.2) is 24.3 Å². The van der Waals surface area contributed by atoms with Gasteiger partial charge in [-0.25, -0.2) is 0 Å². The molecular formula is C14H22N2O2. The second kappa shape index (κ2) is 7.84. The number of rotatable bonds is 7. The third-order valence-corrected chi connectivity index (χ3v) is 2.93. The van der Waals surface area contributed by atoms with Gasteiger partial charge in [-0.2, -0.15) is 0 Å². The largest absolute Gasteiger partial charge is 0.392 e. The lowest BCUT2D eigenvalue weighted by molar-refractivity contribution is -0.124. The number of aliphatic hydroxyl groups is 1. The van der Waals surface area contributed by atoms with Gasteiger partial charge in [-0.3, -0.25) is 4.79 Å². The summed E-state index contributed by atoms with van der Waals surface area (Å²) in [5.41, 5.74) is 7.28. The maximum Gasteiger partial charge on any atom is 0.223 e. The highest BCUT2D eigenvalue weighted by molar-refractivity contribution is 5.78. The Morgan fingerprint density at radius 3 is 2.83 bits per heavy atom. The second-order valence-corrected chi connectivity index (χ2v) is 4.53. The van der Waals surface area contributed by atoms with Crippen LogP contribution in [0.5, 0.6) is 0 Å². The highest BCUT2D eigenvalue weighted by Gasteiger charge is 2.11. The smallest absolute Gasteiger partial charge is 0.223 e. The molecule has 0 aliphatic rings. The van der Waals surface area contributed by atoms with Crippen molar-refractivity contribution in [1.29, 1.82) is 0 Å². The van der Waals surface area contributed by atoms with E-state index in [1.54, 1.807) is 0 Å². The number of nitrogens with two attached hydrogens (primary N) is 1. The number of benzene rings is 1. The van der Waals surface area contributed by atoms with Gasteiger partial charge in [0.1, 0.15) is 0 Å². The molecular weight excluding hydrogens is 228 g/mol. The van der Waals surface area contributed by atoms with Crippen molar-refractivity contribution in [3.8, 4) is 0 Å². The first-order valence-electron chi connectivity index (χ1n) is 6.33. The molecule has 1 unspecified atom stereocenters. The van der Waals surface area contributed by atoms with Gasteiger partial charge >= 0.3 is 0 Å². The maximum atomic E-state index is 11.8. The van der Waals surface area contributed by atoms with Crippen molar-refractivity contribution < 1.29 is 9.90 Å². The molecule has 0 fully saturated rings. The third-order valence-electron chi connectivity index (χ3n) is 2.93. The van der Waals surface area contributed by atoms with E-state index in [0.717, 1.165) is 24.0 Å². The summed E-state index contributed by atoms with van der Waals surface area (Å²) in [6.07, 6.45) is 1.69. The molecule has 1 amide bonds. The molecule has 0 bridgehead atoms. The molecule has 0 heterocycles. The van der Waals surface area contributed by atoms with E-state index in [9.17, 15) is 4.79 Å². The average molecular weight is 250 g/mol. The first kappa shape index (κ1) is 14.7. The van der Waals surface area contributed by atoms with E-state index in [-0.39, 0.29) is 18.4 Å². The fraction of sp³-hybridized carbons (Fsp3) is 0.500. The number of hydrogen-bond acceptors (Lipinski definition) is 3. The molecule has 0 radical (unpaired) electrons. The van der Waals surface area contributed by atoms with Crippen LogP contribution in [0.4, 0.5) is 0 Å². The second-order valence-electron chi connectivity index (χ2n) is 4.53. The number of amides is 1. The fourth-order valence-electron chi connectivity index (χ4n) is 1.76. The first-order valence-corrected chi connectivity index (χ1v) is 6.33. The summed E-state index contributed by atoms with van der Waals surface area (Å²) in [7, 11) is 0. The van der Waals surface area contributed by atoms with Crippen molar-refractivity contribution in [3.63, 3.8) is 0 Å². The zero-order valence-electron chi connectivity index (χ0n) is 10.9. The molecule has 4 heteroatoms. The Morgan fingerprint density at radius 2 is 2.17 bits per heavy atom. The van der Waals surface area contributed by atoms with E-state index in [1.165, 1.54) is 0 Å². The summed E-state index contributed by atoms with van der Waals surface area (Å²) < 4.78 is 0. The van der Waals surface area contributed by atoms with Gasteiger partial charge in [-0.1, -0.05) is 31.2 Å². The summed E-state index contributed by atoms with van der Waals surface area (Å²) in [6, 6.07) is 7.56. The predicted octanol–water partition coefficient (Wildman–Crippen LogP) is 1.17. The number of nitrogens with one attached hydrogen (secondary N) is 1. The zero-order valence-corrected chi connectivity index (χ0v) is 10.9. The van der Waals surface area contributed by atoms with Crippen molar-refractivity contribution in [1.82, 2.24) is 5.32 Å². The molecule has 4 N–H and O–H groups in total. The molecule has 0 aliphatic carbocycles. The van der Waals surface area contributed by atoms with Crippen molar-refractivity contribution in [2.45, 2.75) is 32.9 Å². The van der Waals surface area contributed by atoms with Crippen LogP contribution >= 0.6 is 0 Å². The number of aliphatic hydroxyl groups excluding tert-OH is 1. The monoisotopic (exact) mass is 250 g/mol. The van der Waals surface area contributed by atoms with Crippen LogP contribution in [0.3, 0.4) is 0 Å². The minimum atomic E-state index is -0.00502. The minimum absolute atomic E-state index is 0.00502. The first-order chi connectivity index (χ1) is 8.67. The number of carbonyl (C=O) groups is 1. The molecule has 1 rings (SSSR count). The van der Waals surface area contributed by atoms with Crippen LogP contribution in [-0.4, -0.2) is 17.6 Å². The van der Waals surface area contributed by atoms with Gasteiger partial charge in [0.05, 0.1) is 6.61 Å². The molecule has 0 saturated heterocycles. The van der Waals surface area contributed by atoms with Crippen LogP contribution < -0.4 is 11.1 Å². The van der Waals surface area contributed by atoms with Crippen LogP contribution in [0.25, 0.3) is 0 Å². The summed E-state index contributed by atoms with van der Waals surface area (Å²) in [5.74, 6) is 0.0485. The molecule has 4 nitrogen and oxygen atoms in total. The molecule has 1 aromatic carbocycles. The highest BCUT2D eigenvalue weighted by Crippen LogP contribution is 2.07. The van der Waals surface area contributed by atoms with Gasteiger partial charge < -0.3 is 16.2 Å². The van der Waals surface area contributed by atoms with Crippen LogP contribution in [0, 0.1) is 5.92 Å². The van der Waals surface area contributed by atoms with Crippen molar-refractivity contribution in [2.24, 2.45) is 11.7 Å². The van der Waals surface area contributed by atoms with Gasteiger partial charge in [-0.15, -0.1) is 0 Å². The summed E-state index contributed by atoms with van der Waals surface area (Å²) in [6.45, 7) is 3.06. The molecule has 0 aromatic heterocycles. The zero-order chi connectivity index (χ0) is 13.4. The summed E-state index contributed by atoms with van der Waals surface area (Å²) >= 11 is 0. The SMILES string of the molecule is CC(CCCN)C(=O)NCc1cccc(CO)c1. The molecule has 0 spiro atoms. The van der Waals surface area contributed by atoms with Gasteiger partial charge in [0.25, 0.3) is 0 Å². The standard InChI is InChI=1S/C14H22N2O2/c1-11(4-3-7-15)14(18)16-9-12-5-2-6-13(8-12)10-17/h2,5-6,8,11,17H,3-4,7,9-10,15H2,1H3,(H,16,18). The lowest BCUT2D eigenvalue weighted by Crippen LogP contribution is -2.29. The Morgan fingerprint density at radius 1 is 1.44 bits per heavy atom. The maximum absolute atomic E-state index is 11.8. The topological polar surface area (TPSA) is 75.4 Å². The number of hydrogen-bond donors (Lipinski definition) is 3.